The number of hydrogen-bond donors (Lipinski definition) is 0. The molecule has 0 aliphatic carbocycles. The zero-order valence-electron chi connectivity index (χ0n) is 6.62. The van der Waals surface area contributed by atoms with E-state index in [0.717, 1.165) is 0 Å². The monoisotopic (exact) mass is 260 g/mol. The molecular formula is C8H2Cl2N2S2. The van der Waals surface area contributed by atoms with Crippen LogP contribution >= 0.6 is 47.6 Å². The third-order valence-electron chi connectivity index (χ3n) is 1.35. The molecule has 1 aromatic rings. The topological polar surface area (TPSA) is 24.7 Å². The fourth-order valence-corrected chi connectivity index (χ4v) is 1.39. The molecular weight excluding hydrogens is 259 g/mol. The molecule has 0 aromatic heterocycles. The number of rotatable bonds is 2. The van der Waals surface area contributed by atoms with Crippen LogP contribution in [0.3, 0.4) is 0 Å². The maximum atomic E-state index is 5.86. The number of nitrogens with zero attached hydrogens (tertiary/aromatic N) is 2. The molecule has 0 N–H and O–H groups in total. The second-order valence-electron chi connectivity index (χ2n) is 2.16. The molecule has 1 aromatic carbocycles. The van der Waals surface area contributed by atoms with Crippen molar-refractivity contribution in [2.45, 2.75) is 0 Å². The van der Waals surface area contributed by atoms with Crippen LogP contribution in [-0.2, 0) is 0 Å². The van der Waals surface area contributed by atoms with Gasteiger partial charge in [-0.2, -0.15) is 9.98 Å². The summed E-state index contributed by atoms with van der Waals surface area (Å²) in [6.07, 6.45) is 0. The first-order chi connectivity index (χ1) is 6.69. The number of hydrogen-bond acceptors (Lipinski definition) is 4. The van der Waals surface area contributed by atoms with Crippen LogP contribution in [0.4, 0.5) is 11.4 Å². The third kappa shape index (κ3) is 2.69. The molecule has 0 radical (unpaired) electrons. The molecule has 2 nitrogen and oxygen atoms in total. The van der Waals surface area contributed by atoms with E-state index in [-0.39, 0.29) is 0 Å². The van der Waals surface area contributed by atoms with Gasteiger partial charge in [-0.15, -0.1) is 0 Å². The minimum atomic E-state index is 0.385. The van der Waals surface area contributed by atoms with Crippen LogP contribution in [-0.4, -0.2) is 10.3 Å². The summed E-state index contributed by atoms with van der Waals surface area (Å²) in [5.41, 5.74) is 0.907. The van der Waals surface area contributed by atoms with E-state index in [1.165, 1.54) is 12.1 Å². The lowest BCUT2D eigenvalue weighted by molar-refractivity contribution is 1.50. The van der Waals surface area contributed by atoms with E-state index in [9.17, 15) is 0 Å². The SMILES string of the molecule is S=C=Nc1cc(Cl)c(N=C=S)cc1Cl. The van der Waals surface area contributed by atoms with Gasteiger partial charge in [0.15, 0.2) is 0 Å². The van der Waals surface area contributed by atoms with Gasteiger partial charge in [-0.3, -0.25) is 0 Å². The van der Waals surface area contributed by atoms with E-state index < -0.39 is 0 Å². The second-order valence-corrected chi connectivity index (χ2v) is 3.34. The first-order valence-electron chi connectivity index (χ1n) is 3.34. The van der Waals surface area contributed by atoms with Crippen molar-refractivity contribution in [2.24, 2.45) is 9.98 Å². The first kappa shape index (κ1) is 11.5. The smallest absolute Gasteiger partial charge is 0.0942 e. The molecule has 70 valence electrons. The van der Waals surface area contributed by atoms with Crippen molar-refractivity contribution in [3.8, 4) is 0 Å². The molecule has 0 aliphatic heterocycles. The predicted molar refractivity (Wildman–Crippen MR) is 65.8 cm³/mol. The molecule has 0 fully saturated rings. The predicted octanol–water partition coefficient (Wildman–Crippen LogP) is 4.46. The molecule has 0 unspecified atom stereocenters. The summed E-state index contributed by atoms with van der Waals surface area (Å²) < 4.78 is 0. The number of isothiocyanates is 2. The van der Waals surface area contributed by atoms with Gasteiger partial charge in [0.25, 0.3) is 0 Å². The summed E-state index contributed by atoms with van der Waals surface area (Å²) >= 11 is 20.6. The van der Waals surface area contributed by atoms with Gasteiger partial charge >= 0.3 is 0 Å². The van der Waals surface area contributed by atoms with Gasteiger partial charge in [0.1, 0.15) is 0 Å². The van der Waals surface area contributed by atoms with E-state index in [4.69, 9.17) is 23.2 Å². The standard InChI is InChI=1S/C8H2Cl2N2S2/c9-5-1-7(11-3-13)6(10)2-8(5)12-4-14/h1-2H. The Morgan fingerprint density at radius 1 is 0.929 bits per heavy atom. The summed E-state index contributed by atoms with van der Waals surface area (Å²) in [4.78, 5) is 7.46. The Balaban J connectivity index is 3.37. The lowest BCUT2D eigenvalue weighted by Crippen LogP contribution is -1.72. The van der Waals surface area contributed by atoms with E-state index in [0.29, 0.717) is 21.4 Å². The maximum absolute atomic E-state index is 5.86. The largest absolute Gasteiger partial charge is 0.193 e. The summed E-state index contributed by atoms with van der Waals surface area (Å²) in [6.45, 7) is 0. The van der Waals surface area contributed by atoms with Gasteiger partial charge in [-0.1, -0.05) is 23.2 Å². The average molecular weight is 261 g/mol. The summed E-state index contributed by atoms with van der Waals surface area (Å²) in [5, 5.41) is 5.17. The van der Waals surface area contributed by atoms with Crippen LogP contribution in [0.1, 0.15) is 0 Å². The van der Waals surface area contributed by atoms with Crippen LogP contribution in [0.25, 0.3) is 0 Å². The van der Waals surface area contributed by atoms with Gasteiger partial charge in [-0.05, 0) is 36.6 Å². The van der Waals surface area contributed by atoms with Crippen LogP contribution in [0.15, 0.2) is 22.1 Å². The molecule has 0 spiro atoms. The average Bonchev–Trinajstić information content (AvgIpc) is 2.14. The Morgan fingerprint density at radius 3 is 1.57 bits per heavy atom. The van der Waals surface area contributed by atoms with Crippen molar-refractivity contribution >= 4 is 69.3 Å². The molecule has 0 heterocycles. The van der Waals surface area contributed by atoms with E-state index in [2.05, 4.69) is 44.7 Å². The first-order valence-corrected chi connectivity index (χ1v) is 4.91. The molecule has 0 amide bonds. The highest BCUT2D eigenvalue weighted by Gasteiger charge is 2.05. The van der Waals surface area contributed by atoms with Crippen molar-refractivity contribution in [3.05, 3.63) is 22.2 Å². The minimum Gasteiger partial charge on any atom is -0.193 e. The zero-order valence-corrected chi connectivity index (χ0v) is 9.77. The van der Waals surface area contributed by atoms with Crippen LogP contribution in [0.5, 0.6) is 0 Å². The molecule has 6 heteroatoms. The Bertz CT molecular complexity index is 417. The third-order valence-corrected chi connectivity index (χ3v) is 2.14. The molecule has 1 rings (SSSR count). The van der Waals surface area contributed by atoms with Gasteiger partial charge in [0.05, 0.1) is 31.7 Å². The lowest BCUT2D eigenvalue weighted by atomic mass is 10.3. The van der Waals surface area contributed by atoms with Crippen molar-refractivity contribution in [1.29, 1.82) is 0 Å². The van der Waals surface area contributed by atoms with E-state index in [1.54, 1.807) is 0 Å². The number of halogens is 2. The molecule has 0 saturated heterocycles. The van der Waals surface area contributed by atoms with E-state index >= 15 is 0 Å². The fourth-order valence-electron chi connectivity index (χ4n) is 0.796. The van der Waals surface area contributed by atoms with Crippen LogP contribution < -0.4 is 0 Å². The van der Waals surface area contributed by atoms with E-state index in [1.807, 2.05) is 0 Å². The fraction of sp³-hybridized carbons (Fsp3) is 0. The Hall–Kier alpha value is -0.600. The normalized spacial score (nSPS) is 8.71. The number of thiocarbonyl (C=S) groups is 2. The summed E-state index contributed by atoms with van der Waals surface area (Å²) in [6, 6.07) is 3.07. The molecule has 0 saturated carbocycles. The molecule has 14 heavy (non-hydrogen) atoms. The minimum absolute atomic E-state index is 0.385. The van der Waals surface area contributed by atoms with Crippen LogP contribution in [0, 0.1) is 0 Å². The molecule has 0 aliphatic rings. The van der Waals surface area contributed by atoms with Crippen molar-refractivity contribution in [1.82, 2.24) is 0 Å². The Labute approximate surface area is 101 Å². The maximum Gasteiger partial charge on any atom is 0.0942 e. The second kappa shape index (κ2) is 5.32. The van der Waals surface area contributed by atoms with Gasteiger partial charge in [0.2, 0.25) is 0 Å². The molecule has 0 bridgehead atoms. The molecule has 0 atom stereocenters. The summed E-state index contributed by atoms with van der Waals surface area (Å²) in [7, 11) is 0. The lowest BCUT2D eigenvalue weighted by Gasteiger charge is -2.00. The van der Waals surface area contributed by atoms with Crippen molar-refractivity contribution in [2.75, 3.05) is 0 Å². The Kier molecular flexibility index (Phi) is 4.36. The van der Waals surface area contributed by atoms with Crippen molar-refractivity contribution in [3.63, 3.8) is 0 Å². The van der Waals surface area contributed by atoms with Crippen LogP contribution in [0.2, 0.25) is 10.0 Å². The highest BCUT2D eigenvalue weighted by atomic mass is 35.5. The zero-order chi connectivity index (χ0) is 10.6. The summed E-state index contributed by atoms with van der Waals surface area (Å²) in [5.74, 6) is 0. The van der Waals surface area contributed by atoms with Crippen molar-refractivity contribution < 1.29 is 0 Å². The number of aliphatic imine (C=N–C) groups is 2. The van der Waals surface area contributed by atoms with Gasteiger partial charge < -0.3 is 0 Å². The quantitative estimate of drug-likeness (QED) is 0.579. The van der Waals surface area contributed by atoms with Gasteiger partial charge in [0, 0.05) is 0 Å². The van der Waals surface area contributed by atoms with Gasteiger partial charge in [-0.25, -0.2) is 0 Å². The highest BCUT2D eigenvalue weighted by molar-refractivity contribution is 7.78. The highest BCUT2D eigenvalue weighted by Crippen LogP contribution is 2.35. The Morgan fingerprint density at radius 2 is 1.29 bits per heavy atom. The number of benzene rings is 1.